The zero-order valence-electron chi connectivity index (χ0n) is 8.53. The van der Waals surface area contributed by atoms with Crippen LogP contribution in [-0.2, 0) is 6.42 Å². The van der Waals surface area contributed by atoms with Gasteiger partial charge in [0.15, 0.2) is 5.96 Å². The Hall–Kier alpha value is -0.930. The summed E-state index contributed by atoms with van der Waals surface area (Å²) in [4.78, 5) is 3.91. The Bertz CT molecular complexity index is 347. The summed E-state index contributed by atoms with van der Waals surface area (Å²) in [5.41, 5.74) is 12.7. The molecule has 0 aliphatic heterocycles. The number of nitrogens with two attached hydrogens (primary N) is 2. The third kappa shape index (κ3) is 4.91. The minimum Gasteiger partial charge on any atom is -0.370 e. The van der Waals surface area contributed by atoms with Gasteiger partial charge in [-0.3, -0.25) is 4.99 Å². The van der Waals surface area contributed by atoms with E-state index in [9.17, 15) is 0 Å². The second kappa shape index (κ2) is 6.53. The maximum atomic E-state index is 5.90. The van der Waals surface area contributed by atoms with Gasteiger partial charge in [0.2, 0.25) is 0 Å². The Labute approximate surface area is 101 Å². The van der Waals surface area contributed by atoms with Gasteiger partial charge >= 0.3 is 0 Å². The van der Waals surface area contributed by atoms with Crippen LogP contribution in [-0.4, -0.2) is 12.5 Å². The topological polar surface area (TPSA) is 64.4 Å². The number of nitrogens with zero attached hydrogens (tertiary/aromatic N) is 1. The summed E-state index contributed by atoms with van der Waals surface area (Å²) in [6.45, 7) is 2.59. The van der Waals surface area contributed by atoms with Gasteiger partial charge in [-0.15, -0.1) is 12.4 Å². The monoisotopic (exact) mass is 247 g/mol. The van der Waals surface area contributed by atoms with Crippen LogP contribution >= 0.6 is 24.0 Å². The van der Waals surface area contributed by atoms with Crippen molar-refractivity contribution in [2.24, 2.45) is 16.5 Å². The molecule has 0 saturated heterocycles. The second-order valence-corrected chi connectivity index (χ2v) is 3.55. The molecule has 1 aromatic rings. The van der Waals surface area contributed by atoms with Crippen molar-refractivity contribution in [3.8, 4) is 0 Å². The number of aliphatic imine (C=N–C) groups is 1. The minimum absolute atomic E-state index is 0. The van der Waals surface area contributed by atoms with E-state index in [1.54, 1.807) is 0 Å². The molecule has 0 aromatic heterocycles. The molecule has 5 heteroatoms. The predicted octanol–water partition coefficient (Wildman–Crippen LogP) is 1.89. The average Bonchev–Trinajstić information content (AvgIpc) is 2.10. The van der Waals surface area contributed by atoms with E-state index in [1.165, 1.54) is 5.56 Å². The van der Waals surface area contributed by atoms with E-state index in [-0.39, 0.29) is 18.4 Å². The Morgan fingerprint density at radius 1 is 1.40 bits per heavy atom. The molecule has 0 atom stereocenters. The van der Waals surface area contributed by atoms with Crippen LogP contribution < -0.4 is 11.5 Å². The first kappa shape index (κ1) is 14.1. The maximum Gasteiger partial charge on any atom is 0.185 e. The van der Waals surface area contributed by atoms with Crippen molar-refractivity contribution in [1.29, 1.82) is 0 Å². The summed E-state index contributed by atoms with van der Waals surface area (Å²) in [5, 5.41) is 0.788. The Morgan fingerprint density at radius 3 is 2.60 bits per heavy atom. The quantitative estimate of drug-likeness (QED) is 0.633. The molecule has 3 nitrogen and oxygen atoms in total. The molecule has 0 amide bonds. The molecule has 4 N–H and O–H groups in total. The van der Waals surface area contributed by atoms with Gasteiger partial charge in [-0.05, 0) is 30.5 Å². The molecular formula is C10H15Cl2N3. The molecule has 0 heterocycles. The van der Waals surface area contributed by atoms with Crippen LogP contribution in [0.1, 0.15) is 11.1 Å². The molecule has 1 aromatic carbocycles. The number of rotatable bonds is 3. The summed E-state index contributed by atoms with van der Waals surface area (Å²) < 4.78 is 0. The lowest BCUT2D eigenvalue weighted by Crippen LogP contribution is -2.23. The van der Waals surface area contributed by atoms with E-state index in [2.05, 4.69) is 4.99 Å². The summed E-state index contributed by atoms with van der Waals surface area (Å²) >= 11 is 5.90. The van der Waals surface area contributed by atoms with Crippen LogP contribution in [0.15, 0.2) is 23.2 Å². The smallest absolute Gasteiger partial charge is 0.185 e. The zero-order valence-corrected chi connectivity index (χ0v) is 10.1. The molecule has 1 rings (SSSR count). The fraction of sp³-hybridized carbons (Fsp3) is 0.300. The predicted molar refractivity (Wildman–Crippen MR) is 67.8 cm³/mol. The molecular weight excluding hydrogens is 233 g/mol. The lowest BCUT2D eigenvalue weighted by atomic mass is 10.1. The number of hydrogen-bond acceptors (Lipinski definition) is 1. The van der Waals surface area contributed by atoms with Gasteiger partial charge in [-0.2, -0.15) is 0 Å². The lowest BCUT2D eigenvalue weighted by molar-refractivity contribution is 0.960. The van der Waals surface area contributed by atoms with Crippen molar-refractivity contribution in [2.45, 2.75) is 13.3 Å². The Kier molecular flexibility index (Phi) is 6.13. The highest BCUT2D eigenvalue weighted by Crippen LogP contribution is 2.16. The van der Waals surface area contributed by atoms with Crippen LogP contribution in [0, 0.1) is 6.92 Å². The average molecular weight is 248 g/mol. The van der Waals surface area contributed by atoms with Gasteiger partial charge in [0.1, 0.15) is 0 Å². The molecule has 0 bridgehead atoms. The number of aryl methyl sites for hydroxylation is 1. The molecule has 0 radical (unpaired) electrons. The third-order valence-electron chi connectivity index (χ3n) is 1.92. The summed E-state index contributed by atoms with van der Waals surface area (Å²) in [6, 6.07) is 5.92. The molecule has 0 aliphatic rings. The standard InChI is InChI=1S/C10H14ClN3.ClH/c1-7-6-8(2-3-9(7)11)4-5-14-10(12)13;/h2-3,6H,4-5H2,1H3,(H4,12,13,14);1H. The zero-order chi connectivity index (χ0) is 10.6. The maximum absolute atomic E-state index is 5.90. The first-order valence-corrected chi connectivity index (χ1v) is 4.78. The van der Waals surface area contributed by atoms with Crippen LogP contribution in [0.25, 0.3) is 0 Å². The summed E-state index contributed by atoms with van der Waals surface area (Å²) in [7, 11) is 0. The van der Waals surface area contributed by atoms with Crippen molar-refractivity contribution in [1.82, 2.24) is 0 Å². The van der Waals surface area contributed by atoms with Gasteiger partial charge in [-0.1, -0.05) is 23.7 Å². The van der Waals surface area contributed by atoms with Crippen LogP contribution in [0.2, 0.25) is 5.02 Å². The third-order valence-corrected chi connectivity index (χ3v) is 2.34. The number of halogens is 2. The highest BCUT2D eigenvalue weighted by Gasteiger charge is 1.97. The highest BCUT2D eigenvalue weighted by molar-refractivity contribution is 6.31. The molecule has 0 unspecified atom stereocenters. The molecule has 0 fully saturated rings. The molecule has 15 heavy (non-hydrogen) atoms. The van der Waals surface area contributed by atoms with E-state index >= 15 is 0 Å². The first-order valence-electron chi connectivity index (χ1n) is 4.40. The molecule has 0 saturated carbocycles. The Morgan fingerprint density at radius 2 is 2.07 bits per heavy atom. The van der Waals surface area contributed by atoms with Crippen molar-refractivity contribution in [3.05, 3.63) is 34.3 Å². The SMILES string of the molecule is Cc1cc(CCN=C(N)N)ccc1Cl.Cl. The first-order chi connectivity index (χ1) is 6.59. The van der Waals surface area contributed by atoms with Crippen molar-refractivity contribution < 1.29 is 0 Å². The minimum atomic E-state index is 0. The van der Waals surface area contributed by atoms with E-state index in [0.717, 1.165) is 17.0 Å². The van der Waals surface area contributed by atoms with E-state index in [1.807, 2.05) is 25.1 Å². The van der Waals surface area contributed by atoms with Gasteiger partial charge in [0, 0.05) is 11.6 Å². The van der Waals surface area contributed by atoms with Gasteiger partial charge in [-0.25, -0.2) is 0 Å². The van der Waals surface area contributed by atoms with E-state index in [4.69, 9.17) is 23.1 Å². The van der Waals surface area contributed by atoms with Crippen LogP contribution in [0.3, 0.4) is 0 Å². The molecule has 0 spiro atoms. The Balaban J connectivity index is 0.00000196. The fourth-order valence-corrected chi connectivity index (χ4v) is 1.29. The van der Waals surface area contributed by atoms with Crippen molar-refractivity contribution in [2.75, 3.05) is 6.54 Å². The van der Waals surface area contributed by atoms with E-state index in [0.29, 0.717) is 6.54 Å². The number of guanidine groups is 1. The van der Waals surface area contributed by atoms with Crippen molar-refractivity contribution >= 4 is 30.0 Å². The highest BCUT2D eigenvalue weighted by atomic mass is 35.5. The van der Waals surface area contributed by atoms with Gasteiger partial charge in [0.25, 0.3) is 0 Å². The van der Waals surface area contributed by atoms with Gasteiger partial charge in [0.05, 0.1) is 0 Å². The number of hydrogen-bond donors (Lipinski definition) is 2. The van der Waals surface area contributed by atoms with Crippen molar-refractivity contribution in [3.63, 3.8) is 0 Å². The lowest BCUT2D eigenvalue weighted by Gasteiger charge is -2.02. The largest absolute Gasteiger partial charge is 0.370 e. The van der Waals surface area contributed by atoms with Crippen LogP contribution in [0.4, 0.5) is 0 Å². The molecule has 0 aliphatic carbocycles. The molecule has 84 valence electrons. The second-order valence-electron chi connectivity index (χ2n) is 3.14. The number of benzene rings is 1. The normalized spacial score (nSPS) is 9.20. The van der Waals surface area contributed by atoms with Gasteiger partial charge < -0.3 is 11.5 Å². The van der Waals surface area contributed by atoms with E-state index < -0.39 is 0 Å². The van der Waals surface area contributed by atoms with Crippen LogP contribution in [0.5, 0.6) is 0 Å². The fourth-order valence-electron chi connectivity index (χ4n) is 1.18. The summed E-state index contributed by atoms with van der Waals surface area (Å²) in [5.74, 6) is 0.135. The summed E-state index contributed by atoms with van der Waals surface area (Å²) in [6.07, 6.45) is 0.829.